The molecule has 0 saturated carbocycles. The van der Waals surface area contributed by atoms with Gasteiger partial charge >= 0.3 is 12.1 Å². The maximum atomic E-state index is 12.7. The number of benzene rings is 2. The highest BCUT2D eigenvalue weighted by Gasteiger charge is 2.13. The second kappa shape index (κ2) is 14.5. The maximum absolute atomic E-state index is 12.7. The molecule has 7 heteroatoms. The van der Waals surface area contributed by atoms with Crippen molar-refractivity contribution >= 4 is 17.8 Å². The lowest BCUT2D eigenvalue weighted by Gasteiger charge is -2.11. The molecule has 0 saturated heterocycles. The van der Waals surface area contributed by atoms with E-state index in [0.717, 1.165) is 25.7 Å². The molecule has 0 atom stereocenters. The number of nitrogens with one attached hydrogen (secondary N) is 1. The number of amides is 1. The van der Waals surface area contributed by atoms with Gasteiger partial charge in [-0.1, -0.05) is 49.0 Å². The standard InChI is InChI=1S/C26H31NO6/c1-20(2)25(29)32-19-16-27-26(30)33-18-11-4-3-10-17-31-23-15-9-8-14-22(23)24(28)21-12-6-5-7-13-21/h5-9,12-15H,1,3-4,10-11,16-19H2,2H3,(H,27,30). The molecule has 0 bridgehead atoms. The molecule has 2 aromatic rings. The molecule has 0 radical (unpaired) electrons. The summed E-state index contributed by atoms with van der Waals surface area (Å²) in [4.78, 5) is 35.5. The van der Waals surface area contributed by atoms with E-state index in [-0.39, 0.29) is 18.9 Å². The molecule has 1 N–H and O–H groups in total. The van der Waals surface area contributed by atoms with Gasteiger partial charge in [0.15, 0.2) is 5.78 Å². The van der Waals surface area contributed by atoms with Crippen LogP contribution < -0.4 is 10.1 Å². The Morgan fingerprint density at radius 1 is 0.818 bits per heavy atom. The Kier molecular flexibility index (Phi) is 11.2. The molecule has 2 rings (SSSR count). The summed E-state index contributed by atoms with van der Waals surface area (Å²) in [5.41, 5.74) is 1.50. The first kappa shape index (κ1) is 25.6. The van der Waals surface area contributed by atoms with Gasteiger partial charge in [0.1, 0.15) is 12.4 Å². The lowest BCUT2D eigenvalue weighted by Crippen LogP contribution is -2.29. The smallest absolute Gasteiger partial charge is 0.407 e. The van der Waals surface area contributed by atoms with Crippen LogP contribution in [0.4, 0.5) is 4.79 Å². The predicted molar refractivity (Wildman–Crippen MR) is 125 cm³/mol. The van der Waals surface area contributed by atoms with E-state index in [4.69, 9.17) is 14.2 Å². The van der Waals surface area contributed by atoms with Crippen molar-refractivity contribution in [2.45, 2.75) is 32.6 Å². The number of alkyl carbamates (subject to hydrolysis) is 1. The average Bonchev–Trinajstić information content (AvgIpc) is 2.83. The van der Waals surface area contributed by atoms with Gasteiger partial charge in [0.05, 0.1) is 25.3 Å². The van der Waals surface area contributed by atoms with Gasteiger partial charge in [-0.2, -0.15) is 0 Å². The number of ether oxygens (including phenoxy) is 3. The van der Waals surface area contributed by atoms with E-state index in [1.807, 2.05) is 36.4 Å². The number of unbranched alkanes of at least 4 members (excludes halogenated alkanes) is 3. The van der Waals surface area contributed by atoms with Gasteiger partial charge < -0.3 is 19.5 Å². The molecule has 33 heavy (non-hydrogen) atoms. The van der Waals surface area contributed by atoms with E-state index < -0.39 is 12.1 Å². The van der Waals surface area contributed by atoms with E-state index in [1.165, 1.54) is 0 Å². The normalized spacial score (nSPS) is 10.2. The van der Waals surface area contributed by atoms with Crippen molar-refractivity contribution < 1.29 is 28.6 Å². The first-order valence-corrected chi connectivity index (χ1v) is 11.0. The molecule has 7 nitrogen and oxygen atoms in total. The summed E-state index contributed by atoms with van der Waals surface area (Å²) in [7, 11) is 0. The van der Waals surface area contributed by atoms with E-state index in [2.05, 4.69) is 11.9 Å². The van der Waals surface area contributed by atoms with Crippen LogP contribution >= 0.6 is 0 Å². The summed E-state index contributed by atoms with van der Waals surface area (Å²) < 4.78 is 15.8. The number of carbonyl (C=O) groups is 3. The quantitative estimate of drug-likeness (QED) is 0.193. The molecular formula is C26H31NO6. The van der Waals surface area contributed by atoms with Gasteiger partial charge in [0, 0.05) is 11.1 Å². The van der Waals surface area contributed by atoms with E-state index in [0.29, 0.717) is 35.7 Å². The lowest BCUT2D eigenvalue weighted by atomic mass is 10.0. The third-order valence-corrected chi connectivity index (χ3v) is 4.65. The molecule has 176 valence electrons. The minimum atomic E-state index is -0.538. The van der Waals surface area contributed by atoms with E-state index in [9.17, 15) is 14.4 Å². The van der Waals surface area contributed by atoms with Crippen LogP contribution in [0, 0.1) is 0 Å². The number of carbonyl (C=O) groups excluding carboxylic acids is 3. The maximum Gasteiger partial charge on any atom is 0.407 e. The van der Waals surface area contributed by atoms with Gasteiger partial charge in [0.25, 0.3) is 0 Å². The molecular weight excluding hydrogens is 422 g/mol. The van der Waals surface area contributed by atoms with Gasteiger partial charge in [0.2, 0.25) is 0 Å². The van der Waals surface area contributed by atoms with Crippen molar-refractivity contribution in [1.82, 2.24) is 5.32 Å². The number of ketones is 1. The third-order valence-electron chi connectivity index (χ3n) is 4.65. The van der Waals surface area contributed by atoms with Crippen LogP contribution in [0.5, 0.6) is 5.75 Å². The highest BCUT2D eigenvalue weighted by molar-refractivity contribution is 6.10. The molecule has 0 unspecified atom stereocenters. The summed E-state index contributed by atoms with van der Waals surface area (Å²) in [6, 6.07) is 16.4. The Balaban J connectivity index is 1.56. The second-order valence-electron chi connectivity index (χ2n) is 7.43. The van der Waals surface area contributed by atoms with E-state index >= 15 is 0 Å². The topological polar surface area (TPSA) is 90.9 Å². The Bertz CT molecular complexity index is 925. The highest BCUT2D eigenvalue weighted by atomic mass is 16.6. The van der Waals surface area contributed by atoms with Gasteiger partial charge in [-0.15, -0.1) is 0 Å². The summed E-state index contributed by atoms with van der Waals surface area (Å²) >= 11 is 0. The molecule has 0 fully saturated rings. The summed E-state index contributed by atoms with van der Waals surface area (Å²) in [5, 5.41) is 2.52. The van der Waals surface area contributed by atoms with Crippen molar-refractivity contribution in [3.8, 4) is 5.75 Å². The van der Waals surface area contributed by atoms with E-state index in [1.54, 1.807) is 25.1 Å². The van der Waals surface area contributed by atoms with Crippen molar-refractivity contribution in [2.75, 3.05) is 26.4 Å². The van der Waals surface area contributed by atoms with Crippen LogP contribution in [-0.4, -0.2) is 44.2 Å². The number of hydrogen-bond donors (Lipinski definition) is 1. The fourth-order valence-corrected chi connectivity index (χ4v) is 2.90. The number of hydrogen-bond acceptors (Lipinski definition) is 6. The van der Waals surface area contributed by atoms with Gasteiger partial charge in [-0.05, 0) is 44.7 Å². The Hall–Kier alpha value is -3.61. The molecule has 2 aromatic carbocycles. The summed E-state index contributed by atoms with van der Waals surface area (Å²) in [5.74, 6) is 0.0383. The Morgan fingerprint density at radius 2 is 1.48 bits per heavy atom. The predicted octanol–water partition coefficient (Wildman–Crippen LogP) is 4.70. The van der Waals surface area contributed by atoms with Crippen LogP contribution in [0.3, 0.4) is 0 Å². The van der Waals surface area contributed by atoms with Crippen LogP contribution in [0.2, 0.25) is 0 Å². The van der Waals surface area contributed by atoms with Crippen molar-refractivity contribution in [3.63, 3.8) is 0 Å². The van der Waals surface area contributed by atoms with Crippen molar-refractivity contribution in [1.29, 1.82) is 0 Å². The molecule has 0 aromatic heterocycles. The number of esters is 1. The van der Waals surface area contributed by atoms with Crippen LogP contribution in [0.1, 0.15) is 48.5 Å². The van der Waals surface area contributed by atoms with Crippen molar-refractivity contribution in [3.05, 3.63) is 77.9 Å². The monoisotopic (exact) mass is 453 g/mol. The zero-order chi connectivity index (χ0) is 23.9. The molecule has 0 spiro atoms. The molecule has 0 aliphatic carbocycles. The first-order chi connectivity index (χ1) is 16.0. The minimum absolute atomic E-state index is 0.0596. The fraction of sp³-hybridized carbons (Fsp3) is 0.346. The fourth-order valence-electron chi connectivity index (χ4n) is 2.90. The Morgan fingerprint density at radius 3 is 2.21 bits per heavy atom. The average molecular weight is 454 g/mol. The number of para-hydroxylation sites is 1. The SMILES string of the molecule is C=C(C)C(=O)OCCNC(=O)OCCCCCCOc1ccccc1C(=O)c1ccccc1. The first-order valence-electron chi connectivity index (χ1n) is 11.0. The van der Waals surface area contributed by atoms with Crippen LogP contribution in [-0.2, 0) is 14.3 Å². The van der Waals surface area contributed by atoms with Gasteiger partial charge in [-0.3, -0.25) is 4.79 Å². The summed E-state index contributed by atoms with van der Waals surface area (Å²) in [6.45, 7) is 6.10. The zero-order valence-electron chi connectivity index (χ0n) is 19.0. The minimum Gasteiger partial charge on any atom is -0.493 e. The van der Waals surface area contributed by atoms with Gasteiger partial charge in [-0.25, -0.2) is 9.59 Å². The van der Waals surface area contributed by atoms with Crippen LogP contribution in [0.25, 0.3) is 0 Å². The zero-order valence-corrected chi connectivity index (χ0v) is 19.0. The largest absolute Gasteiger partial charge is 0.493 e. The highest BCUT2D eigenvalue weighted by Crippen LogP contribution is 2.22. The molecule has 1 amide bonds. The third kappa shape index (κ3) is 9.60. The molecule has 0 heterocycles. The lowest BCUT2D eigenvalue weighted by molar-refractivity contribution is -0.138. The molecule has 0 aliphatic heterocycles. The Labute approximate surface area is 194 Å². The second-order valence-corrected chi connectivity index (χ2v) is 7.43. The van der Waals surface area contributed by atoms with Crippen LogP contribution in [0.15, 0.2) is 66.7 Å². The number of rotatable bonds is 14. The summed E-state index contributed by atoms with van der Waals surface area (Å²) in [6.07, 6.45) is 2.83. The van der Waals surface area contributed by atoms with Crippen molar-refractivity contribution in [2.24, 2.45) is 0 Å². The molecule has 0 aliphatic rings.